The standard InChI is InChI=1S/C16H24N4OS/c1-11-4-5-13-14(6-11)22-15(19-13)8-17-10-16(2,21)12-7-18-20(3)9-12/h7,9,11,17,21H,4-6,8,10H2,1-3H3. The van der Waals surface area contributed by atoms with Crippen molar-refractivity contribution in [2.75, 3.05) is 6.54 Å². The average Bonchev–Trinajstić information content (AvgIpc) is 3.04. The van der Waals surface area contributed by atoms with Crippen LogP contribution in [0.25, 0.3) is 0 Å². The van der Waals surface area contributed by atoms with E-state index >= 15 is 0 Å². The summed E-state index contributed by atoms with van der Waals surface area (Å²) < 4.78 is 1.71. The van der Waals surface area contributed by atoms with Gasteiger partial charge in [-0.3, -0.25) is 4.68 Å². The fourth-order valence-corrected chi connectivity index (χ4v) is 4.13. The molecule has 2 atom stereocenters. The molecule has 2 aromatic rings. The van der Waals surface area contributed by atoms with Crippen LogP contribution in [0, 0.1) is 5.92 Å². The quantitative estimate of drug-likeness (QED) is 0.884. The van der Waals surface area contributed by atoms with Crippen molar-refractivity contribution in [1.82, 2.24) is 20.1 Å². The van der Waals surface area contributed by atoms with E-state index in [1.165, 1.54) is 23.4 Å². The topological polar surface area (TPSA) is 63.0 Å². The maximum atomic E-state index is 10.5. The van der Waals surface area contributed by atoms with Gasteiger partial charge >= 0.3 is 0 Å². The molecular formula is C16H24N4OS. The van der Waals surface area contributed by atoms with Gasteiger partial charge in [-0.2, -0.15) is 5.10 Å². The molecule has 2 N–H and O–H groups in total. The molecule has 1 aliphatic carbocycles. The molecule has 0 spiro atoms. The zero-order valence-electron chi connectivity index (χ0n) is 13.5. The normalized spacial score (nSPS) is 20.6. The van der Waals surface area contributed by atoms with Crippen molar-refractivity contribution in [3.63, 3.8) is 0 Å². The number of aromatic nitrogens is 3. The summed E-state index contributed by atoms with van der Waals surface area (Å²) in [4.78, 5) is 6.19. The Morgan fingerprint density at radius 1 is 1.55 bits per heavy atom. The van der Waals surface area contributed by atoms with E-state index < -0.39 is 5.60 Å². The van der Waals surface area contributed by atoms with E-state index in [0.717, 1.165) is 22.9 Å². The van der Waals surface area contributed by atoms with Crippen LogP contribution in [0.4, 0.5) is 0 Å². The van der Waals surface area contributed by atoms with Crippen LogP contribution in [-0.4, -0.2) is 26.4 Å². The van der Waals surface area contributed by atoms with Crippen molar-refractivity contribution in [1.29, 1.82) is 0 Å². The second-order valence-corrected chi connectivity index (χ2v) is 7.77. The Kier molecular flexibility index (Phi) is 4.34. The molecule has 0 saturated carbocycles. The first kappa shape index (κ1) is 15.6. The van der Waals surface area contributed by atoms with Gasteiger partial charge in [0.25, 0.3) is 0 Å². The molecule has 0 bridgehead atoms. The number of fused-ring (bicyclic) bond motifs is 1. The van der Waals surface area contributed by atoms with E-state index in [9.17, 15) is 5.11 Å². The molecule has 0 aromatic carbocycles. The number of thiazole rings is 1. The van der Waals surface area contributed by atoms with Crippen LogP contribution in [0.3, 0.4) is 0 Å². The first-order valence-electron chi connectivity index (χ1n) is 7.84. The van der Waals surface area contributed by atoms with Gasteiger partial charge in [-0.1, -0.05) is 6.92 Å². The molecule has 3 rings (SSSR count). The molecular weight excluding hydrogens is 296 g/mol. The van der Waals surface area contributed by atoms with Crippen LogP contribution in [0.1, 0.15) is 41.4 Å². The third kappa shape index (κ3) is 3.39. The summed E-state index contributed by atoms with van der Waals surface area (Å²) in [5.41, 5.74) is 1.20. The van der Waals surface area contributed by atoms with Crippen LogP contribution >= 0.6 is 11.3 Å². The smallest absolute Gasteiger partial charge is 0.107 e. The van der Waals surface area contributed by atoms with E-state index in [1.807, 2.05) is 31.5 Å². The summed E-state index contributed by atoms with van der Waals surface area (Å²) in [5, 5.41) is 19.1. The summed E-state index contributed by atoms with van der Waals surface area (Å²) in [6, 6.07) is 0. The molecule has 0 amide bonds. The van der Waals surface area contributed by atoms with Gasteiger partial charge in [-0.05, 0) is 32.1 Å². The Labute approximate surface area is 135 Å². The van der Waals surface area contributed by atoms with Crippen molar-refractivity contribution in [3.05, 3.63) is 33.5 Å². The first-order chi connectivity index (χ1) is 10.4. The highest BCUT2D eigenvalue weighted by Gasteiger charge is 2.25. The molecule has 120 valence electrons. The zero-order valence-corrected chi connectivity index (χ0v) is 14.3. The maximum absolute atomic E-state index is 10.5. The van der Waals surface area contributed by atoms with Gasteiger partial charge in [0, 0.05) is 36.8 Å². The monoisotopic (exact) mass is 320 g/mol. The lowest BCUT2D eigenvalue weighted by atomic mass is 9.93. The van der Waals surface area contributed by atoms with E-state index in [0.29, 0.717) is 13.1 Å². The van der Waals surface area contributed by atoms with Gasteiger partial charge in [0.15, 0.2) is 0 Å². The summed E-state index contributed by atoms with van der Waals surface area (Å²) in [7, 11) is 1.86. The van der Waals surface area contributed by atoms with Gasteiger partial charge in [0.05, 0.1) is 11.9 Å². The number of hydrogen-bond acceptors (Lipinski definition) is 5. The minimum absolute atomic E-state index is 0.485. The van der Waals surface area contributed by atoms with Gasteiger partial charge in [0.2, 0.25) is 0 Å². The largest absolute Gasteiger partial charge is 0.384 e. The average molecular weight is 320 g/mol. The van der Waals surface area contributed by atoms with Crippen LogP contribution in [0.15, 0.2) is 12.4 Å². The Balaban J connectivity index is 1.57. The highest BCUT2D eigenvalue weighted by Crippen LogP contribution is 2.29. The van der Waals surface area contributed by atoms with E-state index in [1.54, 1.807) is 10.9 Å². The van der Waals surface area contributed by atoms with Crippen molar-refractivity contribution in [2.24, 2.45) is 13.0 Å². The second kappa shape index (κ2) is 6.10. The van der Waals surface area contributed by atoms with Crippen LogP contribution in [-0.2, 0) is 32.0 Å². The van der Waals surface area contributed by atoms with E-state index in [4.69, 9.17) is 4.98 Å². The van der Waals surface area contributed by atoms with Gasteiger partial charge in [0.1, 0.15) is 10.6 Å². The SMILES string of the molecule is CC1CCc2nc(CNCC(C)(O)c3cnn(C)c3)sc2C1. The number of nitrogens with one attached hydrogen (secondary N) is 1. The third-order valence-electron chi connectivity index (χ3n) is 4.30. The molecule has 6 heteroatoms. The van der Waals surface area contributed by atoms with Crippen LogP contribution in [0.2, 0.25) is 0 Å². The molecule has 2 unspecified atom stereocenters. The summed E-state index contributed by atoms with van der Waals surface area (Å²) in [6.45, 7) is 5.32. The summed E-state index contributed by atoms with van der Waals surface area (Å²) in [5.74, 6) is 0.778. The number of nitrogens with zero attached hydrogens (tertiary/aromatic N) is 3. The Bertz CT molecular complexity index is 646. The minimum atomic E-state index is -0.917. The number of hydrogen-bond donors (Lipinski definition) is 2. The zero-order chi connectivity index (χ0) is 15.7. The van der Waals surface area contributed by atoms with Gasteiger partial charge in [-0.15, -0.1) is 11.3 Å². The van der Waals surface area contributed by atoms with Crippen molar-refractivity contribution in [3.8, 4) is 0 Å². The summed E-state index contributed by atoms with van der Waals surface area (Å²) in [6.07, 6.45) is 7.09. The lowest BCUT2D eigenvalue weighted by Gasteiger charge is -2.22. The van der Waals surface area contributed by atoms with Crippen LogP contribution in [0.5, 0.6) is 0 Å². The number of rotatable bonds is 5. The first-order valence-corrected chi connectivity index (χ1v) is 8.65. The lowest BCUT2D eigenvalue weighted by Crippen LogP contribution is -2.34. The Morgan fingerprint density at radius 3 is 3.09 bits per heavy atom. The molecule has 5 nitrogen and oxygen atoms in total. The Hall–Kier alpha value is -1.24. The molecule has 0 aliphatic heterocycles. The molecule has 22 heavy (non-hydrogen) atoms. The van der Waals surface area contributed by atoms with Crippen molar-refractivity contribution < 1.29 is 5.11 Å². The molecule has 2 heterocycles. The highest BCUT2D eigenvalue weighted by atomic mass is 32.1. The summed E-state index contributed by atoms with van der Waals surface area (Å²) >= 11 is 1.82. The number of aryl methyl sites for hydroxylation is 2. The molecule has 2 aromatic heterocycles. The van der Waals surface area contributed by atoms with Gasteiger partial charge < -0.3 is 10.4 Å². The number of aliphatic hydroxyl groups is 1. The van der Waals surface area contributed by atoms with Gasteiger partial charge in [-0.25, -0.2) is 4.98 Å². The molecule has 0 radical (unpaired) electrons. The van der Waals surface area contributed by atoms with Crippen molar-refractivity contribution in [2.45, 2.75) is 45.3 Å². The predicted octanol–water partition coefficient (Wildman–Crippen LogP) is 2.00. The second-order valence-electron chi connectivity index (χ2n) is 6.61. The highest BCUT2D eigenvalue weighted by molar-refractivity contribution is 7.11. The molecule has 0 fully saturated rings. The van der Waals surface area contributed by atoms with Crippen molar-refractivity contribution >= 4 is 11.3 Å². The lowest BCUT2D eigenvalue weighted by molar-refractivity contribution is 0.0566. The molecule has 1 aliphatic rings. The van der Waals surface area contributed by atoms with E-state index in [-0.39, 0.29) is 0 Å². The predicted molar refractivity (Wildman–Crippen MR) is 87.8 cm³/mol. The molecule has 0 saturated heterocycles. The fourth-order valence-electron chi connectivity index (χ4n) is 2.88. The fraction of sp³-hybridized carbons (Fsp3) is 0.625. The Morgan fingerprint density at radius 2 is 2.36 bits per heavy atom. The maximum Gasteiger partial charge on any atom is 0.107 e. The van der Waals surface area contributed by atoms with E-state index in [2.05, 4.69) is 17.3 Å². The van der Waals surface area contributed by atoms with Crippen LogP contribution < -0.4 is 5.32 Å². The minimum Gasteiger partial charge on any atom is -0.384 e. The third-order valence-corrected chi connectivity index (χ3v) is 5.42.